The Morgan fingerprint density at radius 1 is 1.04 bits per heavy atom. The Hall–Kier alpha value is -1.29. The first-order chi connectivity index (χ1) is 12.0. The molecule has 128 valence electrons. The van der Waals surface area contributed by atoms with Gasteiger partial charge in [0, 0.05) is 0 Å². The van der Waals surface area contributed by atoms with E-state index in [4.69, 9.17) is 9.97 Å². The zero-order chi connectivity index (χ0) is 17.6. The van der Waals surface area contributed by atoms with Crippen molar-refractivity contribution in [3.05, 3.63) is 24.3 Å². The standard InChI is InChI=1S/C16H16BN4.3CH3.Sn/c18-11-17(12-3-4-12)13-7-9-21(10-13)16-6-5-14-15(20-16)2-1-8-19-14;;;;/h1-2,5-6,12-13H,3-4,7,9-10H2;3*1H3;. The second kappa shape index (κ2) is 6.46. The molecule has 1 aliphatic heterocycles. The van der Waals surface area contributed by atoms with E-state index in [-0.39, 0.29) is 6.71 Å². The number of nitriles is 1. The summed E-state index contributed by atoms with van der Waals surface area (Å²) in [5, 5.41) is 9.50. The third-order valence-corrected chi connectivity index (χ3v) is 10.8. The molecule has 1 saturated carbocycles. The summed E-state index contributed by atoms with van der Waals surface area (Å²) in [7, 11) is 0. The summed E-state index contributed by atoms with van der Waals surface area (Å²) in [6.07, 6.45) is 3.61. The summed E-state index contributed by atoms with van der Waals surface area (Å²) in [6, 6.07) is 8.55. The van der Waals surface area contributed by atoms with Gasteiger partial charge in [0.1, 0.15) is 0 Å². The van der Waals surface area contributed by atoms with Gasteiger partial charge in [-0.2, -0.15) is 0 Å². The number of pyridine rings is 2. The summed E-state index contributed by atoms with van der Waals surface area (Å²) in [5.41, 5.74) is 2.00. The molecule has 1 aliphatic carbocycles. The maximum atomic E-state index is 9.50. The molecule has 0 radical (unpaired) electrons. The number of fused-ring (bicyclic) bond motifs is 1. The number of nitrogens with zero attached hydrogens (tertiary/aromatic N) is 4. The van der Waals surface area contributed by atoms with Gasteiger partial charge in [-0.1, -0.05) is 0 Å². The zero-order valence-corrected chi connectivity index (χ0v) is 18.2. The first-order valence-electron chi connectivity index (χ1n) is 9.38. The molecule has 1 saturated heterocycles. The van der Waals surface area contributed by atoms with Crippen LogP contribution in [-0.4, -0.2) is 48.1 Å². The van der Waals surface area contributed by atoms with Crippen LogP contribution in [0.2, 0.25) is 26.5 Å². The van der Waals surface area contributed by atoms with E-state index in [1.807, 2.05) is 0 Å². The molecule has 2 aromatic rings. The van der Waals surface area contributed by atoms with Gasteiger partial charge in [-0.15, -0.1) is 0 Å². The molecule has 0 bridgehead atoms. The molecule has 3 heterocycles. The van der Waals surface area contributed by atoms with Crippen LogP contribution in [-0.2, 0) is 0 Å². The number of rotatable bonds is 4. The molecule has 6 heteroatoms. The monoisotopic (exact) mass is 440 g/mol. The molecule has 2 fully saturated rings. The van der Waals surface area contributed by atoms with E-state index >= 15 is 0 Å². The second-order valence-electron chi connectivity index (χ2n) is 8.64. The maximum absolute atomic E-state index is 9.50. The van der Waals surface area contributed by atoms with Gasteiger partial charge < -0.3 is 0 Å². The van der Waals surface area contributed by atoms with Gasteiger partial charge in [0.25, 0.3) is 0 Å². The predicted molar refractivity (Wildman–Crippen MR) is 107 cm³/mol. The fourth-order valence-electron chi connectivity index (χ4n) is 3.93. The first-order valence-corrected chi connectivity index (χ1v) is 19.4. The van der Waals surface area contributed by atoms with Crippen molar-refractivity contribution in [1.29, 1.82) is 5.26 Å². The third-order valence-electron chi connectivity index (χ3n) is 5.63. The van der Waals surface area contributed by atoms with Crippen LogP contribution >= 0.6 is 0 Å². The topological polar surface area (TPSA) is 52.8 Å². The van der Waals surface area contributed by atoms with Crippen LogP contribution < -0.4 is 8.61 Å². The van der Waals surface area contributed by atoms with E-state index in [1.165, 1.54) is 16.6 Å². The molecule has 4 nitrogen and oxygen atoms in total. The van der Waals surface area contributed by atoms with E-state index in [0.717, 1.165) is 36.4 Å². The SMILES string of the molecule is [CH3][Sn]([CH3])([CH3])[c]1ccc2nc(N3CCC(B(C#N)C4CC4)C3)ccc2n1. The predicted octanol–water partition coefficient (Wildman–Crippen LogP) is 3.48. The molecule has 0 N–H and O–H groups in total. The Labute approximate surface area is 154 Å². The molecule has 2 aliphatic rings. The Morgan fingerprint density at radius 3 is 2.44 bits per heavy atom. The van der Waals surface area contributed by atoms with Crippen molar-refractivity contribution in [1.82, 2.24) is 9.97 Å². The average Bonchev–Trinajstić information content (AvgIpc) is 3.30. The van der Waals surface area contributed by atoms with Crippen LogP contribution in [0.3, 0.4) is 0 Å². The number of hydrogen-bond acceptors (Lipinski definition) is 4. The van der Waals surface area contributed by atoms with Gasteiger partial charge in [-0.3, -0.25) is 0 Å². The molecule has 0 spiro atoms. The summed E-state index contributed by atoms with van der Waals surface area (Å²) < 4.78 is 1.30. The van der Waals surface area contributed by atoms with Crippen LogP contribution in [0.5, 0.6) is 0 Å². The number of aromatic nitrogens is 2. The van der Waals surface area contributed by atoms with Crippen molar-refractivity contribution in [2.45, 2.75) is 45.7 Å². The number of anilines is 1. The summed E-state index contributed by atoms with van der Waals surface area (Å²) >= 11 is -2.14. The van der Waals surface area contributed by atoms with Crippen molar-refractivity contribution >= 4 is 45.7 Å². The molecule has 0 aromatic carbocycles. The molecule has 2 aromatic heterocycles. The van der Waals surface area contributed by atoms with E-state index < -0.39 is 18.4 Å². The normalized spacial score (nSPS) is 20.7. The van der Waals surface area contributed by atoms with Gasteiger partial charge >= 0.3 is 155 Å². The van der Waals surface area contributed by atoms with Crippen LogP contribution in [0, 0.1) is 11.2 Å². The zero-order valence-electron chi connectivity index (χ0n) is 15.4. The fourth-order valence-corrected chi connectivity index (χ4v) is 6.90. The van der Waals surface area contributed by atoms with E-state index in [0.29, 0.717) is 11.6 Å². The van der Waals surface area contributed by atoms with Gasteiger partial charge in [0.15, 0.2) is 0 Å². The van der Waals surface area contributed by atoms with E-state index in [9.17, 15) is 5.26 Å². The molecule has 1 unspecified atom stereocenters. The summed E-state index contributed by atoms with van der Waals surface area (Å²) in [6.45, 7) is 2.23. The molecule has 0 amide bonds. The Bertz CT molecular complexity index is 837. The van der Waals surface area contributed by atoms with Crippen LogP contribution in [0.1, 0.15) is 19.3 Å². The second-order valence-corrected chi connectivity index (χ2v) is 22.9. The van der Waals surface area contributed by atoms with Crippen molar-refractivity contribution in [2.24, 2.45) is 0 Å². The van der Waals surface area contributed by atoms with Crippen molar-refractivity contribution in [3.63, 3.8) is 0 Å². The Kier molecular flexibility index (Phi) is 4.43. The minimum atomic E-state index is -2.14. The third kappa shape index (κ3) is 3.51. The van der Waals surface area contributed by atoms with Gasteiger partial charge in [-0.05, 0) is 0 Å². The van der Waals surface area contributed by atoms with Crippen molar-refractivity contribution < 1.29 is 0 Å². The van der Waals surface area contributed by atoms with Crippen LogP contribution in [0.25, 0.3) is 11.0 Å². The number of hydrogen-bond donors (Lipinski definition) is 0. The Morgan fingerprint density at radius 2 is 1.76 bits per heavy atom. The quantitative estimate of drug-likeness (QED) is 0.686. The van der Waals surface area contributed by atoms with E-state index in [2.05, 4.69) is 50.0 Å². The minimum absolute atomic E-state index is 0.244. The Balaban J connectivity index is 1.55. The molecule has 4 rings (SSSR count). The van der Waals surface area contributed by atoms with Gasteiger partial charge in [0.2, 0.25) is 0 Å². The summed E-state index contributed by atoms with van der Waals surface area (Å²) in [4.78, 5) is 19.3. The molecule has 1 atom stereocenters. The molecule has 25 heavy (non-hydrogen) atoms. The summed E-state index contributed by atoms with van der Waals surface area (Å²) in [5.74, 6) is 4.78. The average molecular weight is 439 g/mol. The van der Waals surface area contributed by atoms with Crippen LogP contribution in [0.15, 0.2) is 24.3 Å². The van der Waals surface area contributed by atoms with E-state index in [1.54, 1.807) is 0 Å². The molecular weight excluding hydrogens is 414 g/mol. The van der Waals surface area contributed by atoms with Gasteiger partial charge in [-0.25, -0.2) is 0 Å². The van der Waals surface area contributed by atoms with Crippen molar-refractivity contribution in [3.8, 4) is 5.97 Å². The van der Waals surface area contributed by atoms with Crippen molar-refractivity contribution in [2.75, 3.05) is 18.0 Å². The molecular formula is C19H25BN4Sn. The fraction of sp³-hybridized carbons (Fsp3) is 0.526. The van der Waals surface area contributed by atoms with Crippen LogP contribution in [0.4, 0.5) is 5.82 Å². The first kappa shape index (κ1) is 17.1. The van der Waals surface area contributed by atoms with Gasteiger partial charge in [0.05, 0.1) is 0 Å².